The van der Waals surface area contributed by atoms with Crippen LogP contribution >= 0.6 is 0 Å². The highest BCUT2D eigenvalue weighted by molar-refractivity contribution is 7.89. The van der Waals surface area contributed by atoms with Gasteiger partial charge in [-0.3, -0.25) is 0 Å². The molecule has 2 atom stereocenters. The fourth-order valence-corrected chi connectivity index (χ4v) is 4.24. The molecule has 102 valence electrons. The molecule has 0 bridgehead atoms. The number of furan rings is 1. The molecule has 1 aliphatic heterocycles. The summed E-state index contributed by atoms with van der Waals surface area (Å²) in [6, 6.07) is 1.56. The minimum atomic E-state index is -3.50. The predicted molar refractivity (Wildman–Crippen MR) is 66.7 cm³/mol. The molecule has 18 heavy (non-hydrogen) atoms. The van der Waals surface area contributed by atoms with E-state index in [1.165, 1.54) is 4.31 Å². The van der Waals surface area contributed by atoms with E-state index >= 15 is 0 Å². The van der Waals surface area contributed by atoms with Gasteiger partial charge in [-0.05, 0) is 31.7 Å². The van der Waals surface area contributed by atoms with Crippen LogP contribution in [0.2, 0.25) is 0 Å². The summed E-state index contributed by atoms with van der Waals surface area (Å²) in [6.07, 6.45) is 0. The van der Waals surface area contributed by atoms with Gasteiger partial charge in [-0.2, -0.15) is 4.31 Å². The van der Waals surface area contributed by atoms with E-state index in [0.717, 1.165) is 0 Å². The number of sulfonamides is 1. The Morgan fingerprint density at radius 1 is 1.44 bits per heavy atom. The summed E-state index contributed by atoms with van der Waals surface area (Å²) < 4.78 is 31.6. The number of rotatable bonds is 3. The zero-order valence-electron chi connectivity index (χ0n) is 10.9. The molecule has 5 nitrogen and oxygen atoms in total. The van der Waals surface area contributed by atoms with Crippen LogP contribution in [0.25, 0.3) is 0 Å². The Morgan fingerprint density at radius 2 is 2.11 bits per heavy atom. The molecule has 0 unspecified atom stereocenters. The summed E-state index contributed by atoms with van der Waals surface area (Å²) >= 11 is 0. The van der Waals surface area contributed by atoms with Crippen molar-refractivity contribution in [2.75, 3.05) is 19.7 Å². The summed E-state index contributed by atoms with van der Waals surface area (Å²) in [4.78, 5) is 0.241. The molecule has 1 aliphatic rings. The highest BCUT2D eigenvalue weighted by Gasteiger charge is 2.38. The fourth-order valence-electron chi connectivity index (χ4n) is 2.42. The number of hydrogen-bond acceptors (Lipinski definition) is 4. The second-order valence-corrected chi connectivity index (χ2v) is 6.93. The van der Waals surface area contributed by atoms with Crippen LogP contribution in [0.1, 0.15) is 18.4 Å². The molecule has 2 rings (SSSR count). The van der Waals surface area contributed by atoms with Crippen molar-refractivity contribution in [1.29, 1.82) is 0 Å². The molecule has 0 amide bonds. The van der Waals surface area contributed by atoms with Gasteiger partial charge in [0, 0.05) is 19.7 Å². The van der Waals surface area contributed by atoms with Crippen molar-refractivity contribution >= 4 is 10.0 Å². The summed E-state index contributed by atoms with van der Waals surface area (Å²) in [5.74, 6) is 1.22. The molecule has 1 aromatic rings. The average Bonchev–Trinajstić information content (AvgIpc) is 2.82. The van der Waals surface area contributed by atoms with Crippen LogP contribution in [0.5, 0.6) is 0 Å². The number of aryl methyl sites for hydroxylation is 2. The van der Waals surface area contributed by atoms with Gasteiger partial charge in [-0.25, -0.2) is 8.42 Å². The minimum absolute atomic E-state index is 0.0214. The normalized spacial score (nSPS) is 25.8. The Morgan fingerprint density at radius 3 is 2.56 bits per heavy atom. The first-order valence-corrected chi connectivity index (χ1v) is 7.48. The van der Waals surface area contributed by atoms with E-state index in [9.17, 15) is 13.5 Å². The van der Waals surface area contributed by atoms with Crippen molar-refractivity contribution in [2.45, 2.75) is 25.7 Å². The average molecular weight is 273 g/mol. The minimum Gasteiger partial charge on any atom is -0.465 e. The Kier molecular flexibility index (Phi) is 3.53. The van der Waals surface area contributed by atoms with Crippen molar-refractivity contribution in [3.8, 4) is 0 Å². The third-order valence-electron chi connectivity index (χ3n) is 3.58. The van der Waals surface area contributed by atoms with Crippen LogP contribution in [0.4, 0.5) is 0 Å². The predicted octanol–water partition coefficient (Wildman–Crippen LogP) is 1.15. The van der Waals surface area contributed by atoms with E-state index in [1.54, 1.807) is 19.9 Å². The largest absolute Gasteiger partial charge is 0.465 e. The Labute approximate surface area is 107 Å². The van der Waals surface area contributed by atoms with Gasteiger partial charge >= 0.3 is 0 Å². The summed E-state index contributed by atoms with van der Waals surface area (Å²) in [5, 5.41) is 9.21. The quantitative estimate of drug-likeness (QED) is 0.896. The van der Waals surface area contributed by atoms with E-state index in [2.05, 4.69) is 0 Å². The molecular weight excluding hydrogens is 254 g/mol. The second kappa shape index (κ2) is 4.68. The highest BCUT2D eigenvalue weighted by atomic mass is 32.2. The van der Waals surface area contributed by atoms with Crippen molar-refractivity contribution in [3.63, 3.8) is 0 Å². The lowest BCUT2D eigenvalue weighted by Gasteiger charge is -2.15. The first-order valence-electron chi connectivity index (χ1n) is 6.04. The van der Waals surface area contributed by atoms with Crippen LogP contribution in [0.3, 0.4) is 0 Å². The lowest BCUT2D eigenvalue weighted by Crippen LogP contribution is -2.29. The molecule has 1 aromatic heterocycles. The summed E-state index contributed by atoms with van der Waals surface area (Å²) in [7, 11) is -3.50. The van der Waals surface area contributed by atoms with Gasteiger partial charge in [0.1, 0.15) is 16.4 Å². The molecule has 0 saturated carbocycles. The Hall–Kier alpha value is -0.850. The van der Waals surface area contributed by atoms with Crippen LogP contribution in [-0.4, -0.2) is 37.5 Å². The number of aliphatic hydroxyl groups is 1. The molecule has 2 heterocycles. The SMILES string of the molecule is Cc1cc(S(=O)(=O)N2C[C@@H](CO)[C@H](C)C2)c(C)o1. The molecule has 1 saturated heterocycles. The lowest BCUT2D eigenvalue weighted by atomic mass is 10.00. The van der Waals surface area contributed by atoms with Crippen LogP contribution < -0.4 is 0 Å². The molecule has 1 fully saturated rings. The number of aliphatic hydroxyl groups excluding tert-OH is 1. The van der Waals surface area contributed by atoms with Gasteiger partial charge in [0.05, 0.1) is 0 Å². The van der Waals surface area contributed by atoms with E-state index in [4.69, 9.17) is 4.42 Å². The van der Waals surface area contributed by atoms with Crippen LogP contribution in [-0.2, 0) is 10.0 Å². The smallest absolute Gasteiger partial charge is 0.246 e. The van der Waals surface area contributed by atoms with Crippen molar-refractivity contribution in [3.05, 3.63) is 17.6 Å². The Bertz CT molecular complexity index is 534. The molecule has 6 heteroatoms. The first kappa shape index (κ1) is 13.6. The molecule has 1 N–H and O–H groups in total. The standard InChI is InChI=1S/C12H19NO4S/c1-8-5-13(6-11(8)7-14)18(15,16)12-4-9(2)17-10(12)3/h4,8,11,14H,5-7H2,1-3H3/t8-,11+/m1/s1. The maximum atomic E-state index is 12.5. The first-order chi connectivity index (χ1) is 8.36. The molecule has 0 aliphatic carbocycles. The Balaban J connectivity index is 2.31. The van der Waals surface area contributed by atoms with E-state index in [-0.39, 0.29) is 23.3 Å². The highest BCUT2D eigenvalue weighted by Crippen LogP contribution is 2.30. The van der Waals surface area contributed by atoms with Gasteiger partial charge in [0.2, 0.25) is 10.0 Å². The zero-order valence-corrected chi connectivity index (χ0v) is 11.7. The second-order valence-electron chi connectivity index (χ2n) is 5.02. The van der Waals surface area contributed by atoms with Crippen LogP contribution in [0, 0.1) is 25.7 Å². The molecule has 0 spiro atoms. The van der Waals surface area contributed by atoms with Crippen molar-refractivity contribution in [2.24, 2.45) is 11.8 Å². The fraction of sp³-hybridized carbons (Fsp3) is 0.667. The third kappa shape index (κ3) is 2.20. The summed E-state index contributed by atoms with van der Waals surface area (Å²) in [6.45, 7) is 6.21. The van der Waals surface area contributed by atoms with Crippen molar-refractivity contribution < 1.29 is 17.9 Å². The van der Waals surface area contributed by atoms with Crippen LogP contribution in [0.15, 0.2) is 15.4 Å². The van der Waals surface area contributed by atoms with Crippen molar-refractivity contribution in [1.82, 2.24) is 4.31 Å². The van der Waals surface area contributed by atoms with Gasteiger partial charge in [0.25, 0.3) is 0 Å². The summed E-state index contributed by atoms with van der Waals surface area (Å²) in [5.41, 5.74) is 0. The van der Waals surface area contributed by atoms with E-state index in [1.807, 2.05) is 6.92 Å². The molecular formula is C12H19NO4S. The van der Waals surface area contributed by atoms with Gasteiger partial charge in [-0.15, -0.1) is 0 Å². The van der Waals surface area contributed by atoms with E-state index < -0.39 is 10.0 Å². The maximum Gasteiger partial charge on any atom is 0.246 e. The van der Waals surface area contributed by atoms with Gasteiger partial charge < -0.3 is 9.52 Å². The third-order valence-corrected chi connectivity index (χ3v) is 5.52. The maximum absolute atomic E-state index is 12.5. The number of hydrogen-bond donors (Lipinski definition) is 1. The zero-order chi connectivity index (χ0) is 13.5. The topological polar surface area (TPSA) is 70.8 Å². The van der Waals surface area contributed by atoms with Gasteiger partial charge in [-0.1, -0.05) is 6.92 Å². The molecule has 0 aromatic carbocycles. The lowest BCUT2D eigenvalue weighted by molar-refractivity contribution is 0.210. The molecule has 0 radical (unpaired) electrons. The monoisotopic (exact) mass is 273 g/mol. The van der Waals surface area contributed by atoms with E-state index in [0.29, 0.717) is 24.6 Å². The van der Waals surface area contributed by atoms with Gasteiger partial charge in [0.15, 0.2) is 0 Å². The number of nitrogens with zero attached hydrogens (tertiary/aromatic N) is 1.